The van der Waals surface area contributed by atoms with Crippen molar-refractivity contribution in [2.45, 2.75) is 26.9 Å². The number of rotatable bonds is 5. The largest absolute Gasteiger partial charge is 0.497 e. The van der Waals surface area contributed by atoms with Gasteiger partial charge in [-0.25, -0.2) is 9.89 Å². The van der Waals surface area contributed by atoms with Gasteiger partial charge in [0.25, 0.3) is 0 Å². The highest BCUT2D eigenvalue weighted by Gasteiger charge is 2.16. The van der Waals surface area contributed by atoms with Gasteiger partial charge in [0.15, 0.2) is 5.82 Å². The Morgan fingerprint density at radius 2 is 2.00 bits per heavy atom. The average molecular weight is 313 g/mol. The number of methoxy groups -OCH3 is 1. The van der Waals surface area contributed by atoms with Crippen LogP contribution in [0.5, 0.6) is 5.75 Å². The molecule has 7 heteroatoms. The standard InChI is InChI=1S/C16H19N5O2/c1-4-20-10-14(11(2)19-20)15-17-18-16(22)21(15)9-12-5-7-13(23-3)8-6-12/h5-8,10H,4,9H2,1-3H3,(H,18,22). The van der Waals surface area contributed by atoms with Gasteiger partial charge in [-0.15, -0.1) is 0 Å². The molecule has 0 radical (unpaired) electrons. The monoisotopic (exact) mass is 313 g/mol. The van der Waals surface area contributed by atoms with Crippen LogP contribution in [0.1, 0.15) is 18.2 Å². The van der Waals surface area contributed by atoms with E-state index in [1.807, 2.05) is 49.0 Å². The topological polar surface area (TPSA) is 77.7 Å². The van der Waals surface area contributed by atoms with Crippen LogP contribution in [0.25, 0.3) is 11.4 Å². The Bertz CT molecular complexity index is 857. The van der Waals surface area contributed by atoms with E-state index in [0.717, 1.165) is 29.1 Å². The third-order valence-corrected chi connectivity index (χ3v) is 3.77. The Hall–Kier alpha value is -2.83. The fourth-order valence-electron chi connectivity index (χ4n) is 2.48. The molecule has 0 unspecified atom stereocenters. The van der Waals surface area contributed by atoms with Crippen molar-refractivity contribution in [2.24, 2.45) is 0 Å². The van der Waals surface area contributed by atoms with E-state index in [4.69, 9.17) is 4.74 Å². The molecule has 3 rings (SSSR count). The molecule has 23 heavy (non-hydrogen) atoms. The van der Waals surface area contributed by atoms with Crippen molar-refractivity contribution in [1.29, 1.82) is 0 Å². The van der Waals surface area contributed by atoms with E-state index >= 15 is 0 Å². The molecule has 0 aliphatic rings. The summed E-state index contributed by atoms with van der Waals surface area (Å²) in [4.78, 5) is 12.1. The molecule has 2 heterocycles. The Balaban J connectivity index is 1.97. The van der Waals surface area contributed by atoms with Crippen LogP contribution >= 0.6 is 0 Å². The van der Waals surface area contributed by atoms with Crippen molar-refractivity contribution in [2.75, 3.05) is 7.11 Å². The number of aromatic amines is 1. The van der Waals surface area contributed by atoms with Crippen LogP contribution in [0.4, 0.5) is 0 Å². The zero-order valence-corrected chi connectivity index (χ0v) is 13.4. The third kappa shape index (κ3) is 2.90. The summed E-state index contributed by atoms with van der Waals surface area (Å²) in [7, 11) is 1.63. The van der Waals surface area contributed by atoms with Crippen molar-refractivity contribution in [3.8, 4) is 17.1 Å². The summed E-state index contributed by atoms with van der Waals surface area (Å²) in [6, 6.07) is 7.62. The van der Waals surface area contributed by atoms with Crippen molar-refractivity contribution in [1.82, 2.24) is 24.5 Å². The van der Waals surface area contributed by atoms with Crippen molar-refractivity contribution in [3.05, 3.63) is 52.2 Å². The molecular formula is C16H19N5O2. The average Bonchev–Trinajstić information content (AvgIpc) is 3.11. The molecule has 7 nitrogen and oxygen atoms in total. The number of H-pyrrole nitrogens is 1. The Morgan fingerprint density at radius 1 is 1.26 bits per heavy atom. The Labute approximate surface area is 133 Å². The van der Waals surface area contributed by atoms with Crippen LogP contribution < -0.4 is 10.4 Å². The zero-order chi connectivity index (χ0) is 16.4. The molecule has 0 aliphatic heterocycles. The number of ether oxygens (including phenoxy) is 1. The number of benzene rings is 1. The minimum absolute atomic E-state index is 0.237. The van der Waals surface area contributed by atoms with E-state index < -0.39 is 0 Å². The van der Waals surface area contributed by atoms with E-state index in [1.165, 1.54) is 0 Å². The maximum Gasteiger partial charge on any atom is 0.343 e. The van der Waals surface area contributed by atoms with E-state index in [0.29, 0.717) is 12.4 Å². The second-order valence-electron chi connectivity index (χ2n) is 5.27. The van der Waals surface area contributed by atoms with Crippen LogP contribution in [0, 0.1) is 6.92 Å². The smallest absolute Gasteiger partial charge is 0.343 e. The van der Waals surface area contributed by atoms with Gasteiger partial charge >= 0.3 is 5.69 Å². The highest BCUT2D eigenvalue weighted by molar-refractivity contribution is 5.57. The van der Waals surface area contributed by atoms with Crippen molar-refractivity contribution in [3.63, 3.8) is 0 Å². The molecule has 0 aliphatic carbocycles. The van der Waals surface area contributed by atoms with Crippen LogP contribution in [0.15, 0.2) is 35.3 Å². The molecule has 1 N–H and O–H groups in total. The van der Waals surface area contributed by atoms with Gasteiger partial charge in [-0.05, 0) is 31.5 Å². The first-order chi connectivity index (χ1) is 11.1. The van der Waals surface area contributed by atoms with Crippen molar-refractivity contribution < 1.29 is 4.74 Å². The molecule has 0 bridgehead atoms. The van der Waals surface area contributed by atoms with Gasteiger partial charge in [-0.2, -0.15) is 10.2 Å². The van der Waals surface area contributed by atoms with Crippen LogP contribution in [0.3, 0.4) is 0 Å². The van der Waals surface area contributed by atoms with E-state index in [1.54, 1.807) is 11.7 Å². The van der Waals surface area contributed by atoms with E-state index in [9.17, 15) is 4.79 Å². The first kappa shape index (κ1) is 15.1. The first-order valence-electron chi connectivity index (χ1n) is 7.45. The summed E-state index contributed by atoms with van der Waals surface area (Å²) < 4.78 is 8.61. The lowest BCUT2D eigenvalue weighted by atomic mass is 10.2. The molecule has 0 saturated carbocycles. The lowest BCUT2D eigenvalue weighted by Crippen LogP contribution is -2.18. The second-order valence-corrected chi connectivity index (χ2v) is 5.27. The molecule has 3 aromatic rings. The van der Waals surface area contributed by atoms with Crippen LogP contribution in [-0.2, 0) is 13.1 Å². The number of nitrogens with one attached hydrogen (secondary N) is 1. The normalized spacial score (nSPS) is 10.9. The van der Waals surface area contributed by atoms with Crippen molar-refractivity contribution >= 4 is 0 Å². The summed E-state index contributed by atoms with van der Waals surface area (Å²) in [5.74, 6) is 1.39. The molecular weight excluding hydrogens is 294 g/mol. The van der Waals surface area contributed by atoms with E-state index in [-0.39, 0.29) is 5.69 Å². The maximum atomic E-state index is 12.1. The molecule has 120 valence electrons. The minimum Gasteiger partial charge on any atom is -0.497 e. The molecule has 0 fully saturated rings. The molecule has 0 amide bonds. The van der Waals surface area contributed by atoms with Gasteiger partial charge < -0.3 is 4.74 Å². The third-order valence-electron chi connectivity index (χ3n) is 3.77. The number of nitrogens with zero attached hydrogens (tertiary/aromatic N) is 4. The number of aromatic nitrogens is 5. The maximum absolute atomic E-state index is 12.1. The summed E-state index contributed by atoms with van der Waals surface area (Å²) in [5.41, 5.74) is 2.47. The van der Waals surface area contributed by atoms with Crippen LogP contribution in [0.2, 0.25) is 0 Å². The predicted octanol–water partition coefficient (Wildman–Crippen LogP) is 1.82. The number of aryl methyl sites for hydroxylation is 2. The lowest BCUT2D eigenvalue weighted by Gasteiger charge is -2.06. The summed E-state index contributed by atoms with van der Waals surface area (Å²) in [6.45, 7) is 5.14. The summed E-state index contributed by atoms with van der Waals surface area (Å²) in [5, 5.41) is 11.1. The molecule has 0 atom stereocenters. The van der Waals surface area contributed by atoms with Gasteiger partial charge in [0.2, 0.25) is 0 Å². The fourth-order valence-corrected chi connectivity index (χ4v) is 2.48. The van der Waals surface area contributed by atoms with Gasteiger partial charge in [-0.1, -0.05) is 12.1 Å². The first-order valence-corrected chi connectivity index (χ1v) is 7.45. The van der Waals surface area contributed by atoms with Gasteiger partial charge in [-0.3, -0.25) is 9.25 Å². The molecule has 1 aromatic carbocycles. The SMILES string of the molecule is CCn1cc(-c2n[nH]c(=O)n2Cc2ccc(OC)cc2)c(C)n1. The second kappa shape index (κ2) is 6.12. The Kier molecular flexibility index (Phi) is 4.01. The zero-order valence-electron chi connectivity index (χ0n) is 13.4. The summed E-state index contributed by atoms with van der Waals surface area (Å²) in [6.07, 6.45) is 1.91. The predicted molar refractivity (Wildman–Crippen MR) is 86.6 cm³/mol. The van der Waals surface area contributed by atoms with Gasteiger partial charge in [0.05, 0.1) is 24.9 Å². The molecule has 0 saturated heterocycles. The fraction of sp³-hybridized carbons (Fsp3) is 0.312. The van der Waals surface area contributed by atoms with E-state index in [2.05, 4.69) is 15.3 Å². The van der Waals surface area contributed by atoms with Gasteiger partial charge in [0, 0.05) is 12.7 Å². The highest BCUT2D eigenvalue weighted by atomic mass is 16.5. The molecule has 2 aromatic heterocycles. The summed E-state index contributed by atoms with van der Waals surface area (Å²) >= 11 is 0. The number of hydrogen-bond acceptors (Lipinski definition) is 4. The Morgan fingerprint density at radius 3 is 2.61 bits per heavy atom. The van der Waals surface area contributed by atoms with Crippen LogP contribution in [-0.4, -0.2) is 31.7 Å². The highest BCUT2D eigenvalue weighted by Crippen LogP contribution is 2.20. The number of hydrogen-bond donors (Lipinski definition) is 1. The van der Waals surface area contributed by atoms with Gasteiger partial charge in [0.1, 0.15) is 5.75 Å². The molecule has 0 spiro atoms. The minimum atomic E-state index is -0.237. The lowest BCUT2D eigenvalue weighted by molar-refractivity contribution is 0.414. The quantitative estimate of drug-likeness (QED) is 0.779.